The van der Waals surface area contributed by atoms with Crippen molar-refractivity contribution in [3.05, 3.63) is 0 Å². The highest BCUT2D eigenvalue weighted by atomic mass is 14.2. The van der Waals surface area contributed by atoms with E-state index in [-0.39, 0.29) is 0 Å². The lowest BCUT2D eigenvalue weighted by molar-refractivity contribution is 0.270. The van der Waals surface area contributed by atoms with E-state index < -0.39 is 0 Å². The van der Waals surface area contributed by atoms with E-state index in [1.165, 1.54) is 32.1 Å². The minimum atomic E-state index is 0.841. The summed E-state index contributed by atoms with van der Waals surface area (Å²) in [5.41, 5.74) is 0. The molecular weight excluding hydrogens is 180 g/mol. The molecule has 0 bridgehead atoms. The van der Waals surface area contributed by atoms with Crippen LogP contribution in [0, 0.1) is 23.7 Å². The highest BCUT2D eigenvalue weighted by Crippen LogP contribution is 2.25. The highest BCUT2D eigenvalue weighted by Gasteiger charge is 2.15. The van der Waals surface area contributed by atoms with E-state index in [4.69, 9.17) is 0 Å². The smallest absolute Gasteiger partial charge is 0.0394 e. The standard InChI is InChI=1S/C15H32/c1-7-9-13(4)10-8-11-14(5)15(6)12(2)3/h12-15H,7-11H2,1-6H3. The molecule has 0 rings (SSSR count). The predicted octanol–water partition coefficient (Wildman–Crippen LogP) is 5.52. The molecule has 0 radical (unpaired) electrons. The van der Waals surface area contributed by atoms with Gasteiger partial charge in [-0.1, -0.05) is 73.6 Å². The van der Waals surface area contributed by atoms with Crippen molar-refractivity contribution in [2.45, 2.75) is 73.6 Å². The number of hydrogen-bond donors (Lipinski definition) is 0. The largest absolute Gasteiger partial charge is 0.0654 e. The molecule has 0 amide bonds. The summed E-state index contributed by atoms with van der Waals surface area (Å²) in [5, 5.41) is 0. The molecular formula is C15H32. The van der Waals surface area contributed by atoms with Gasteiger partial charge in [0.25, 0.3) is 0 Å². The fraction of sp³-hybridized carbons (Fsp3) is 1.00. The van der Waals surface area contributed by atoms with E-state index in [0.717, 1.165) is 23.7 Å². The maximum atomic E-state index is 2.43. The molecule has 0 heterocycles. The van der Waals surface area contributed by atoms with E-state index in [9.17, 15) is 0 Å². The van der Waals surface area contributed by atoms with Crippen LogP contribution in [-0.2, 0) is 0 Å². The van der Waals surface area contributed by atoms with Crippen LogP contribution in [-0.4, -0.2) is 0 Å². The molecule has 0 fully saturated rings. The second-order valence-corrected chi connectivity index (χ2v) is 5.91. The first-order chi connectivity index (χ1) is 6.99. The van der Waals surface area contributed by atoms with Gasteiger partial charge in [-0.05, 0) is 23.7 Å². The minimum Gasteiger partial charge on any atom is -0.0654 e. The Hall–Kier alpha value is 0. The van der Waals surface area contributed by atoms with Crippen molar-refractivity contribution in [3.8, 4) is 0 Å². The van der Waals surface area contributed by atoms with Crippen LogP contribution in [0.25, 0.3) is 0 Å². The van der Waals surface area contributed by atoms with Crippen LogP contribution in [0.1, 0.15) is 73.6 Å². The Morgan fingerprint density at radius 1 is 0.800 bits per heavy atom. The molecule has 0 aliphatic rings. The molecule has 0 aromatic carbocycles. The highest BCUT2D eigenvalue weighted by molar-refractivity contribution is 4.66. The summed E-state index contributed by atoms with van der Waals surface area (Å²) in [6.45, 7) is 14.2. The Labute approximate surface area is 97.8 Å². The zero-order valence-electron chi connectivity index (χ0n) is 11.8. The molecule has 0 aliphatic heterocycles. The van der Waals surface area contributed by atoms with Crippen LogP contribution in [0.3, 0.4) is 0 Å². The SMILES string of the molecule is CCCC(C)CCCC(C)C(C)C(C)C. The lowest BCUT2D eigenvalue weighted by atomic mass is 9.82. The molecule has 0 nitrogen and oxygen atoms in total. The van der Waals surface area contributed by atoms with Crippen LogP contribution < -0.4 is 0 Å². The number of hydrogen-bond acceptors (Lipinski definition) is 0. The van der Waals surface area contributed by atoms with Gasteiger partial charge in [-0.15, -0.1) is 0 Å². The molecule has 0 aromatic heterocycles. The zero-order valence-corrected chi connectivity index (χ0v) is 11.8. The van der Waals surface area contributed by atoms with Gasteiger partial charge < -0.3 is 0 Å². The third-order valence-corrected chi connectivity index (χ3v) is 4.09. The lowest BCUT2D eigenvalue weighted by Gasteiger charge is -2.23. The van der Waals surface area contributed by atoms with Crippen molar-refractivity contribution in [3.63, 3.8) is 0 Å². The fourth-order valence-corrected chi connectivity index (χ4v) is 2.35. The maximum absolute atomic E-state index is 2.43. The van der Waals surface area contributed by atoms with E-state index in [0.29, 0.717) is 0 Å². The van der Waals surface area contributed by atoms with Crippen molar-refractivity contribution in [2.75, 3.05) is 0 Å². The summed E-state index contributed by atoms with van der Waals surface area (Å²) in [7, 11) is 0. The first-order valence-electron chi connectivity index (χ1n) is 6.99. The van der Waals surface area contributed by atoms with E-state index >= 15 is 0 Å². The molecule has 0 aromatic rings. The average molecular weight is 212 g/mol. The second-order valence-electron chi connectivity index (χ2n) is 5.91. The van der Waals surface area contributed by atoms with Crippen molar-refractivity contribution in [1.82, 2.24) is 0 Å². The fourth-order valence-electron chi connectivity index (χ4n) is 2.35. The summed E-state index contributed by atoms with van der Waals surface area (Å²) >= 11 is 0. The zero-order chi connectivity index (χ0) is 11.8. The Bertz CT molecular complexity index is 137. The molecule has 92 valence electrons. The summed E-state index contributed by atoms with van der Waals surface area (Å²) in [6, 6.07) is 0. The van der Waals surface area contributed by atoms with Crippen molar-refractivity contribution in [1.29, 1.82) is 0 Å². The molecule has 3 unspecified atom stereocenters. The van der Waals surface area contributed by atoms with E-state index in [1.54, 1.807) is 0 Å². The minimum absolute atomic E-state index is 0.841. The number of rotatable bonds is 8. The summed E-state index contributed by atoms with van der Waals surface area (Å²) in [4.78, 5) is 0. The molecule has 0 spiro atoms. The maximum Gasteiger partial charge on any atom is -0.0394 e. The summed E-state index contributed by atoms with van der Waals surface area (Å²) in [6.07, 6.45) is 7.04. The van der Waals surface area contributed by atoms with E-state index in [1.807, 2.05) is 0 Å². The molecule has 0 saturated heterocycles. The lowest BCUT2D eigenvalue weighted by Crippen LogP contribution is -2.14. The van der Waals surface area contributed by atoms with Crippen LogP contribution >= 0.6 is 0 Å². The average Bonchev–Trinajstić information content (AvgIpc) is 2.16. The monoisotopic (exact) mass is 212 g/mol. The van der Waals surface area contributed by atoms with Gasteiger partial charge in [0.15, 0.2) is 0 Å². The molecule has 15 heavy (non-hydrogen) atoms. The Balaban J connectivity index is 3.58. The predicted molar refractivity (Wildman–Crippen MR) is 71.1 cm³/mol. The normalized spacial score (nSPS) is 17.8. The molecule has 0 heteroatoms. The van der Waals surface area contributed by atoms with Crippen molar-refractivity contribution < 1.29 is 0 Å². The summed E-state index contributed by atoms with van der Waals surface area (Å²) in [5.74, 6) is 3.56. The van der Waals surface area contributed by atoms with Crippen molar-refractivity contribution in [2.24, 2.45) is 23.7 Å². The van der Waals surface area contributed by atoms with Gasteiger partial charge >= 0.3 is 0 Å². The third kappa shape index (κ3) is 6.98. The van der Waals surface area contributed by atoms with Crippen LogP contribution in [0.4, 0.5) is 0 Å². The van der Waals surface area contributed by atoms with Gasteiger partial charge in [-0.3, -0.25) is 0 Å². The second kappa shape index (κ2) is 8.19. The van der Waals surface area contributed by atoms with Gasteiger partial charge in [-0.25, -0.2) is 0 Å². The van der Waals surface area contributed by atoms with E-state index in [2.05, 4.69) is 41.5 Å². The van der Waals surface area contributed by atoms with Crippen molar-refractivity contribution >= 4 is 0 Å². The first-order valence-corrected chi connectivity index (χ1v) is 6.99. The van der Waals surface area contributed by atoms with Gasteiger partial charge in [0.05, 0.1) is 0 Å². The molecule has 0 saturated carbocycles. The summed E-state index contributed by atoms with van der Waals surface area (Å²) < 4.78 is 0. The quantitative estimate of drug-likeness (QED) is 0.497. The molecule has 0 N–H and O–H groups in total. The van der Waals surface area contributed by atoms with Crippen LogP contribution in [0.5, 0.6) is 0 Å². The van der Waals surface area contributed by atoms with Gasteiger partial charge in [0.2, 0.25) is 0 Å². The van der Waals surface area contributed by atoms with Crippen LogP contribution in [0.2, 0.25) is 0 Å². The topological polar surface area (TPSA) is 0 Å². The van der Waals surface area contributed by atoms with Gasteiger partial charge in [-0.2, -0.15) is 0 Å². The Kier molecular flexibility index (Phi) is 8.19. The molecule has 3 atom stereocenters. The molecule has 0 aliphatic carbocycles. The van der Waals surface area contributed by atoms with Crippen LogP contribution in [0.15, 0.2) is 0 Å². The Morgan fingerprint density at radius 3 is 1.87 bits per heavy atom. The van der Waals surface area contributed by atoms with Gasteiger partial charge in [0, 0.05) is 0 Å². The third-order valence-electron chi connectivity index (χ3n) is 4.09. The Morgan fingerprint density at radius 2 is 1.40 bits per heavy atom. The van der Waals surface area contributed by atoms with Gasteiger partial charge in [0.1, 0.15) is 0 Å². The first kappa shape index (κ1) is 15.0.